The zero-order valence-electron chi connectivity index (χ0n) is 20.0. The summed E-state index contributed by atoms with van der Waals surface area (Å²) >= 11 is 5.66. The zero-order chi connectivity index (χ0) is 24.1. The Kier molecular flexibility index (Phi) is 7.60. The van der Waals surface area contributed by atoms with Gasteiger partial charge >= 0.3 is 0 Å². The first-order valence-corrected chi connectivity index (χ1v) is 12.9. The first-order valence-electron chi connectivity index (χ1n) is 12.5. The molecule has 1 aromatic heterocycles. The highest BCUT2D eigenvalue weighted by Gasteiger charge is 2.34. The molecular formula is C25H33FN6O2S. The molecule has 3 fully saturated rings. The molecule has 35 heavy (non-hydrogen) atoms. The number of hydrogen-bond donors (Lipinski definition) is 2. The van der Waals surface area contributed by atoms with Gasteiger partial charge in [0.05, 0.1) is 13.2 Å². The zero-order valence-corrected chi connectivity index (χ0v) is 20.8. The molecule has 1 aromatic carbocycles. The summed E-state index contributed by atoms with van der Waals surface area (Å²) in [6, 6.07) is 8.86. The van der Waals surface area contributed by atoms with Crippen LogP contribution in [0.1, 0.15) is 31.2 Å². The van der Waals surface area contributed by atoms with Crippen LogP contribution in [0.3, 0.4) is 0 Å². The summed E-state index contributed by atoms with van der Waals surface area (Å²) < 4.78 is 24.7. The van der Waals surface area contributed by atoms with Gasteiger partial charge in [0.15, 0.2) is 5.11 Å². The number of aromatic nitrogens is 2. The van der Waals surface area contributed by atoms with E-state index >= 15 is 0 Å². The molecule has 3 aliphatic rings. The number of ether oxygens (including phenoxy) is 2. The van der Waals surface area contributed by atoms with E-state index in [-0.39, 0.29) is 11.2 Å². The van der Waals surface area contributed by atoms with Crippen LogP contribution in [0, 0.1) is 5.82 Å². The maximum Gasteiger partial charge on any atom is 0.232 e. The van der Waals surface area contributed by atoms with E-state index in [0.717, 1.165) is 56.2 Å². The Balaban J connectivity index is 1.30. The lowest BCUT2D eigenvalue weighted by molar-refractivity contribution is 0.0515. The third-order valence-electron chi connectivity index (χ3n) is 7.18. The lowest BCUT2D eigenvalue weighted by Crippen LogP contribution is -2.45. The fourth-order valence-electron chi connectivity index (χ4n) is 5.07. The minimum atomic E-state index is -0.229. The van der Waals surface area contributed by atoms with Gasteiger partial charge in [0.2, 0.25) is 5.95 Å². The number of hydrogen-bond acceptors (Lipinski definition) is 7. The molecule has 0 aliphatic carbocycles. The fraction of sp³-hybridized carbons (Fsp3) is 0.560. The van der Waals surface area contributed by atoms with Crippen LogP contribution >= 0.6 is 12.2 Å². The van der Waals surface area contributed by atoms with E-state index in [1.807, 2.05) is 12.1 Å². The molecule has 2 N–H and O–H groups in total. The second-order valence-corrected chi connectivity index (χ2v) is 9.82. The van der Waals surface area contributed by atoms with Crippen LogP contribution in [0.25, 0.3) is 0 Å². The van der Waals surface area contributed by atoms with Crippen molar-refractivity contribution in [2.75, 3.05) is 74.3 Å². The molecule has 2 aromatic rings. The second-order valence-electron chi connectivity index (χ2n) is 9.41. The fourth-order valence-corrected chi connectivity index (χ4v) is 5.23. The molecule has 10 heteroatoms. The normalized spacial score (nSPS) is 20.0. The largest absolute Gasteiger partial charge is 0.381 e. The average molecular weight is 501 g/mol. The van der Waals surface area contributed by atoms with E-state index in [2.05, 4.69) is 26.5 Å². The van der Waals surface area contributed by atoms with E-state index < -0.39 is 0 Å². The van der Waals surface area contributed by atoms with Crippen LogP contribution in [-0.2, 0) is 14.9 Å². The summed E-state index contributed by atoms with van der Waals surface area (Å²) in [7, 11) is 0. The van der Waals surface area contributed by atoms with Gasteiger partial charge in [-0.3, -0.25) is 0 Å². The molecule has 4 heterocycles. The Morgan fingerprint density at radius 1 is 0.914 bits per heavy atom. The number of nitrogens with zero attached hydrogens (tertiary/aromatic N) is 4. The molecule has 3 aliphatic heterocycles. The highest BCUT2D eigenvalue weighted by molar-refractivity contribution is 7.80. The number of benzene rings is 1. The summed E-state index contributed by atoms with van der Waals surface area (Å²) in [5.74, 6) is 2.09. The molecule has 0 unspecified atom stereocenters. The quantitative estimate of drug-likeness (QED) is 0.582. The van der Waals surface area contributed by atoms with Crippen molar-refractivity contribution in [2.45, 2.75) is 31.1 Å². The average Bonchev–Trinajstić information content (AvgIpc) is 3.44. The predicted octanol–water partition coefficient (Wildman–Crippen LogP) is 3.09. The van der Waals surface area contributed by atoms with E-state index in [4.69, 9.17) is 31.7 Å². The van der Waals surface area contributed by atoms with Gasteiger partial charge in [-0.25, -0.2) is 4.39 Å². The summed E-state index contributed by atoms with van der Waals surface area (Å²) in [6.07, 6.45) is 4.04. The number of halogens is 1. The minimum absolute atomic E-state index is 0.172. The maximum absolute atomic E-state index is 13.5. The summed E-state index contributed by atoms with van der Waals surface area (Å²) in [5.41, 5.74) is 0.925. The summed E-state index contributed by atoms with van der Waals surface area (Å²) in [5, 5.41) is 7.09. The van der Waals surface area contributed by atoms with Crippen molar-refractivity contribution in [3.8, 4) is 0 Å². The molecule has 0 spiro atoms. The van der Waals surface area contributed by atoms with Gasteiger partial charge < -0.3 is 29.9 Å². The topological polar surface area (TPSA) is 74.8 Å². The van der Waals surface area contributed by atoms with E-state index in [9.17, 15) is 4.39 Å². The Bertz CT molecular complexity index is 1010. The Hall–Kier alpha value is -2.56. The summed E-state index contributed by atoms with van der Waals surface area (Å²) in [4.78, 5) is 14.1. The molecule has 5 rings (SSSR count). The number of nitrogens with one attached hydrogen (secondary N) is 2. The SMILES string of the molecule is Fc1ccc(C2(CNC(=S)Nc3nc(N4CCCC4)cc(N4CCOCC4)n3)CCOCC2)cc1. The van der Waals surface area contributed by atoms with Crippen LogP contribution in [-0.4, -0.2) is 74.2 Å². The number of rotatable bonds is 6. The Morgan fingerprint density at radius 2 is 1.51 bits per heavy atom. The number of anilines is 3. The minimum Gasteiger partial charge on any atom is -0.381 e. The smallest absolute Gasteiger partial charge is 0.232 e. The van der Waals surface area contributed by atoms with Gasteiger partial charge in [-0.2, -0.15) is 9.97 Å². The van der Waals surface area contributed by atoms with E-state index in [1.165, 1.54) is 25.0 Å². The second kappa shape index (κ2) is 11.0. The molecule has 188 valence electrons. The molecule has 3 saturated heterocycles. The van der Waals surface area contributed by atoms with Crippen molar-refractivity contribution in [1.29, 1.82) is 0 Å². The number of thiocarbonyl (C=S) groups is 1. The molecule has 8 nitrogen and oxygen atoms in total. The van der Waals surface area contributed by atoms with E-state index in [1.54, 1.807) is 0 Å². The van der Waals surface area contributed by atoms with Crippen molar-refractivity contribution in [2.24, 2.45) is 0 Å². The maximum atomic E-state index is 13.5. The van der Waals surface area contributed by atoms with Crippen molar-refractivity contribution in [3.63, 3.8) is 0 Å². The molecular weight excluding hydrogens is 467 g/mol. The van der Waals surface area contributed by atoms with Gasteiger partial charge in [0.25, 0.3) is 0 Å². The van der Waals surface area contributed by atoms with Crippen LogP contribution in [0.4, 0.5) is 22.0 Å². The van der Waals surface area contributed by atoms with Crippen LogP contribution in [0.5, 0.6) is 0 Å². The van der Waals surface area contributed by atoms with Crippen LogP contribution < -0.4 is 20.4 Å². The third kappa shape index (κ3) is 5.82. The van der Waals surface area contributed by atoms with Gasteiger partial charge in [-0.15, -0.1) is 0 Å². The molecule has 0 bridgehead atoms. The molecule has 0 saturated carbocycles. The van der Waals surface area contributed by atoms with Crippen molar-refractivity contribution in [1.82, 2.24) is 15.3 Å². The van der Waals surface area contributed by atoms with Crippen LogP contribution in [0.2, 0.25) is 0 Å². The van der Waals surface area contributed by atoms with Crippen molar-refractivity contribution >= 4 is 34.9 Å². The Labute approximate surface area is 211 Å². The van der Waals surface area contributed by atoms with Crippen molar-refractivity contribution < 1.29 is 13.9 Å². The van der Waals surface area contributed by atoms with Gasteiger partial charge in [0.1, 0.15) is 17.5 Å². The first-order chi connectivity index (χ1) is 17.1. The molecule has 0 amide bonds. The van der Waals surface area contributed by atoms with Gasteiger partial charge in [0, 0.05) is 57.4 Å². The Morgan fingerprint density at radius 3 is 2.17 bits per heavy atom. The van der Waals surface area contributed by atoms with Gasteiger partial charge in [-0.05, 0) is 55.6 Å². The standard InChI is InChI=1S/C25H33FN6O2S/c26-20-5-3-19(4-6-20)25(7-13-33-14-8-25)18-27-24(35)30-23-28-21(31-9-1-2-10-31)17-22(29-23)32-11-15-34-16-12-32/h3-6,17H,1-2,7-16,18H2,(H2,27,28,29,30,35). The molecule has 0 atom stereocenters. The van der Waals surface area contributed by atoms with Crippen LogP contribution in [0.15, 0.2) is 30.3 Å². The lowest BCUT2D eigenvalue weighted by atomic mass is 9.74. The lowest BCUT2D eigenvalue weighted by Gasteiger charge is -2.38. The van der Waals surface area contributed by atoms with E-state index in [0.29, 0.717) is 44.0 Å². The third-order valence-corrected chi connectivity index (χ3v) is 7.43. The first kappa shape index (κ1) is 24.1. The van der Waals surface area contributed by atoms with Crippen molar-refractivity contribution in [3.05, 3.63) is 41.7 Å². The monoisotopic (exact) mass is 500 g/mol. The highest BCUT2D eigenvalue weighted by Crippen LogP contribution is 2.34. The van der Waals surface area contributed by atoms with Gasteiger partial charge in [-0.1, -0.05) is 12.1 Å². The highest BCUT2D eigenvalue weighted by atomic mass is 32.1. The number of morpholine rings is 1. The molecule has 0 radical (unpaired) electrons. The predicted molar refractivity (Wildman–Crippen MR) is 139 cm³/mol. The summed E-state index contributed by atoms with van der Waals surface area (Å²) in [6.45, 7) is 6.97.